The second kappa shape index (κ2) is 9.28. The molecule has 28 heavy (non-hydrogen) atoms. The van der Waals surface area contributed by atoms with E-state index in [2.05, 4.69) is 29.6 Å². The van der Waals surface area contributed by atoms with E-state index < -0.39 is 5.54 Å². The number of hydrogen-bond donors (Lipinski definition) is 1. The van der Waals surface area contributed by atoms with Crippen LogP contribution in [0.2, 0.25) is 0 Å². The van der Waals surface area contributed by atoms with Gasteiger partial charge in [0.1, 0.15) is 5.54 Å². The lowest BCUT2D eigenvalue weighted by atomic mass is 9.82. The van der Waals surface area contributed by atoms with Crippen LogP contribution in [0.4, 0.5) is 0 Å². The number of rotatable bonds is 8. The molecule has 0 aromatic heterocycles. The number of thioether (sulfide) groups is 1. The SMILES string of the molecule is CSCCNC(=O)C1(C)CCN1C(=O)CC(c1ccccc1)c1ccccc1. The maximum Gasteiger partial charge on any atom is 0.245 e. The zero-order chi connectivity index (χ0) is 20.0. The average Bonchev–Trinajstić information content (AvgIpc) is 2.72. The van der Waals surface area contributed by atoms with E-state index in [1.165, 1.54) is 0 Å². The molecule has 2 aromatic rings. The van der Waals surface area contributed by atoms with Crippen LogP contribution in [0.3, 0.4) is 0 Å². The molecule has 1 unspecified atom stereocenters. The Morgan fingerprint density at radius 2 is 1.64 bits per heavy atom. The summed E-state index contributed by atoms with van der Waals surface area (Å²) in [6, 6.07) is 20.2. The molecule has 1 heterocycles. The summed E-state index contributed by atoms with van der Waals surface area (Å²) in [4.78, 5) is 27.6. The maximum atomic E-state index is 13.2. The van der Waals surface area contributed by atoms with Crippen molar-refractivity contribution in [3.8, 4) is 0 Å². The molecule has 148 valence electrons. The summed E-state index contributed by atoms with van der Waals surface area (Å²) in [5.74, 6) is 0.850. The van der Waals surface area contributed by atoms with Crippen LogP contribution in [0, 0.1) is 0 Å². The molecular formula is C23H28N2O2S. The molecule has 0 saturated carbocycles. The van der Waals surface area contributed by atoms with Gasteiger partial charge in [-0.15, -0.1) is 0 Å². The fraction of sp³-hybridized carbons (Fsp3) is 0.391. The van der Waals surface area contributed by atoms with Crippen LogP contribution in [0.15, 0.2) is 60.7 Å². The molecule has 1 aliphatic rings. The van der Waals surface area contributed by atoms with Crippen molar-refractivity contribution < 1.29 is 9.59 Å². The fourth-order valence-corrected chi connectivity index (χ4v) is 4.04. The van der Waals surface area contributed by atoms with Gasteiger partial charge in [-0.05, 0) is 30.7 Å². The highest BCUT2D eigenvalue weighted by Crippen LogP contribution is 2.35. The van der Waals surface area contributed by atoms with Crippen LogP contribution in [-0.4, -0.2) is 47.4 Å². The summed E-state index contributed by atoms with van der Waals surface area (Å²) < 4.78 is 0. The van der Waals surface area contributed by atoms with Gasteiger partial charge in [0, 0.05) is 31.2 Å². The van der Waals surface area contributed by atoms with Crippen molar-refractivity contribution in [1.29, 1.82) is 0 Å². The van der Waals surface area contributed by atoms with E-state index in [1.54, 1.807) is 16.7 Å². The van der Waals surface area contributed by atoms with Gasteiger partial charge in [0.25, 0.3) is 0 Å². The zero-order valence-corrected chi connectivity index (χ0v) is 17.4. The number of nitrogens with one attached hydrogen (secondary N) is 1. The number of carbonyl (C=O) groups excluding carboxylic acids is 2. The number of likely N-dealkylation sites (tertiary alicyclic amines) is 1. The summed E-state index contributed by atoms with van der Waals surface area (Å²) in [5, 5.41) is 2.97. The van der Waals surface area contributed by atoms with E-state index in [9.17, 15) is 9.59 Å². The highest BCUT2D eigenvalue weighted by Gasteiger charge is 2.49. The summed E-state index contributed by atoms with van der Waals surface area (Å²) in [7, 11) is 0. The minimum atomic E-state index is -0.729. The summed E-state index contributed by atoms with van der Waals surface area (Å²) in [6.45, 7) is 3.15. The van der Waals surface area contributed by atoms with Crippen molar-refractivity contribution in [2.24, 2.45) is 0 Å². The van der Waals surface area contributed by atoms with E-state index in [0.29, 0.717) is 25.9 Å². The molecule has 1 fully saturated rings. The zero-order valence-electron chi connectivity index (χ0n) is 16.6. The summed E-state index contributed by atoms with van der Waals surface area (Å²) >= 11 is 1.70. The van der Waals surface area contributed by atoms with Crippen molar-refractivity contribution in [3.05, 3.63) is 71.8 Å². The van der Waals surface area contributed by atoms with Gasteiger partial charge in [-0.1, -0.05) is 60.7 Å². The predicted molar refractivity (Wildman–Crippen MR) is 115 cm³/mol. The topological polar surface area (TPSA) is 49.4 Å². The van der Waals surface area contributed by atoms with E-state index in [4.69, 9.17) is 0 Å². The summed E-state index contributed by atoms with van der Waals surface area (Å²) in [6.07, 6.45) is 3.09. The first-order valence-electron chi connectivity index (χ1n) is 9.74. The van der Waals surface area contributed by atoms with Gasteiger partial charge in [0.05, 0.1) is 0 Å². The van der Waals surface area contributed by atoms with Crippen LogP contribution in [0.25, 0.3) is 0 Å². The maximum absolute atomic E-state index is 13.2. The van der Waals surface area contributed by atoms with Gasteiger partial charge in [-0.2, -0.15) is 11.8 Å². The Labute approximate surface area is 171 Å². The van der Waals surface area contributed by atoms with Gasteiger partial charge >= 0.3 is 0 Å². The molecule has 0 radical (unpaired) electrons. The van der Waals surface area contributed by atoms with E-state index in [-0.39, 0.29) is 17.7 Å². The largest absolute Gasteiger partial charge is 0.353 e. The first-order chi connectivity index (χ1) is 13.6. The third kappa shape index (κ3) is 4.41. The second-order valence-electron chi connectivity index (χ2n) is 7.40. The standard InChI is InChI=1S/C23H28N2O2S/c1-23(22(27)24-14-16-28-2)13-15-25(23)21(26)17-20(18-9-5-3-6-10-18)19-11-7-4-8-12-19/h3-12,20H,13-17H2,1-2H3,(H,24,27). The first-order valence-corrected chi connectivity index (χ1v) is 11.1. The molecule has 0 spiro atoms. The smallest absolute Gasteiger partial charge is 0.245 e. The van der Waals surface area contributed by atoms with Crippen LogP contribution in [-0.2, 0) is 9.59 Å². The van der Waals surface area contributed by atoms with Crippen LogP contribution < -0.4 is 5.32 Å². The minimum absolute atomic E-state index is 0.0145. The third-order valence-corrected chi connectivity index (χ3v) is 6.19. The molecule has 1 aliphatic heterocycles. The fourth-order valence-electron chi connectivity index (χ4n) is 3.74. The molecule has 1 N–H and O–H groups in total. The van der Waals surface area contributed by atoms with Crippen molar-refractivity contribution in [2.45, 2.75) is 31.2 Å². The molecule has 0 bridgehead atoms. The number of benzene rings is 2. The minimum Gasteiger partial charge on any atom is -0.353 e. The van der Waals surface area contributed by atoms with E-state index in [1.807, 2.05) is 49.6 Å². The molecule has 1 atom stereocenters. The molecular weight excluding hydrogens is 368 g/mol. The van der Waals surface area contributed by atoms with Gasteiger partial charge in [0.15, 0.2) is 0 Å². The molecule has 3 rings (SSSR count). The van der Waals surface area contributed by atoms with Crippen LogP contribution in [0.5, 0.6) is 0 Å². The second-order valence-corrected chi connectivity index (χ2v) is 8.38. The monoisotopic (exact) mass is 396 g/mol. The van der Waals surface area contributed by atoms with Crippen molar-refractivity contribution in [3.63, 3.8) is 0 Å². The highest BCUT2D eigenvalue weighted by molar-refractivity contribution is 7.98. The van der Waals surface area contributed by atoms with E-state index >= 15 is 0 Å². The first kappa shape index (κ1) is 20.5. The van der Waals surface area contributed by atoms with Gasteiger partial charge in [-0.3, -0.25) is 9.59 Å². The normalized spacial score (nSPS) is 18.6. The van der Waals surface area contributed by atoms with Crippen molar-refractivity contribution in [1.82, 2.24) is 10.2 Å². The number of amides is 2. The number of nitrogens with zero attached hydrogens (tertiary/aromatic N) is 1. The van der Waals surface area contributed by atoms with Crippen LogP contribution in [0.1, 0.15) is 36.8 Å². The Kier molecular flexibility index (Phi) is 6.79. The number of hydrogen-bond acceptors (Lipinski definition) is 3. The quantitative estimate of drug-likeness (QED) is 0.693. The highest BCUT2D eigenvalue weighted by atomic mass is 32.2. The Hall–Kier alpha value is -2.27. The van der Waals surface area contributed by atoms with Crippen LogP contribution >= 0.6 is 11.8 Å². The molecule has 2 aromatic carbocycles. The Balaban J connectivity index is 1.74. The lowest BCUT2D eigenvalue weighted by Gasteiger charge is -2.49. The predicted octanol–water partition coefficient (Wildman–Crippen LogP) is 3.68. The lowest BCUT2D eigenvalue weighted by Crippen LogP contribution is -2.67. The van der Waals surface area contributed by atoms with Crippen molar-refractivity contribution >= 4 is 23.6 Å². The average molecular weight is 397 g/mol. The Bertz CT molecular complexity index is 757. The van der Waals surface area contributed by atoms with Gasteiger partial charge in [-0.25, -0.2) is 0 Å². The number of carbonyl (C=O) groups is 2. The van der Waals surface area contributed by atoms with Gasteiger partial charge < -0.3 is 10.2 Å². The Morgan fingerprint density at radius 3 is 2.11 bits per heavy atom. The molecule has 1 saturated heterocycles. The molecule has 0 aliphatic carbocycles. The lowest BCUT2D eigenvalue weighted by molar-refractivity contribution is -0.157. The van der Waals surface area contributed by atoms with E-state index in [0.717, 1.165) is 16.9 Å². The van der Waals surface area contributed by atoms with Crippen molar-refractivity contribution in [2.75, 3.05) is 25.1 Å². The molecule has 2 amide bonds. The molecule has 4 nitrogen and oxygen atoms in total. The third-order valence-electron chi connectivity index (χ3n) is 5.58. The Morgan fingerprint density at radius 1 is 1.07 bits per heavy atom. The molecule has 5 heteroatoms. The summed E-state index contributed by atoms with van der Waals surface area (Å²) in [5.41, 5.74) is 1.51. The van der Waals surface area contributed by atoms with Gasteiger partial charge in [0.2, 0.25) is 11.8 Å².